The number of rotatable bonds is 5. The van der Waals surface area contributed by atoms with Gasteiger partial charge in [0.05, 0.1) is 18.6 Å². The van der Waals surface area contributed by atoms with Gasteiger partial charge in [-0.1, -0.05) is 0 Å². The summed E-state index contributed by atoms with van der Waals surface area (Å²) in [5.74, 6) is -1.50. The van der Waals surface area contributed by atoms with Crippen LogP contribution in [0.2, 0.25) is 0 Å². The summed E-state index contributed by atoms with van der Waals surface area (Å²) in [6.45, 7) is 0.781. The molecule has 7 heteroatoms. The van der Waals surface area contributed by atoms with Crippen LogP contribution < -0.4 is 0 Å². The van der Waals surface area contributed by atoms with Crippen molar-refractivity contribution in [3.63, 3.8) is 0 Å². The topological polar surface area (TPSA) is 79.7 Å². The van der Waals surface area contributed by atoms with Crippen molar-refractivity contribution in [3.05, 3.63) is 16.6 Å². The van der Waals surface area contributed by atoms with Crippen LogP contribution in [0.4, 0.5) is 0 Å². The molecule has 20 heavy (non-hydrogen) atoms. The number of thiazole rings is 1. The van der Waals surface area contributed by atoms with E-state index >= 15 is 0 Å². The van der Waals surface area contributed by atoms with E-state index in [0.29, 0.717) is 37.4 Å². The molecule has 0 aliphatic carbocycles. The monoisotopic (exact) mass is 298 g/mol. The average molecular weight is 298 g/mol. The predicted octanol–water partition coefficient (Wildman–Crippen LogP) is 1.54. The lowest BCUT2D eigenvalue weighted by Gasteiger charge is -2.31. The molecule has 2 atom stereocenters. The number of nitrogens with zero attached hydrogens (tertiary/aromatic N) is 2. The van der Waals surface area contributed by atoms with Crippen LogP contribution >= 0.6 is 11.3 Å². The first-order chi connectivity index (χ1) is 9.65. The van der Waals surface area contributed by atoms with Crippen LogP contribution in [0.5, 0.6) is 0 Å². The smallest absolute Gasteiger partial charge is 0.309 e. The lowest BCUT2D eigenvalue weighted by molar-refractivity contribution is -0.146. The molecule has 1 aromatic heterocycles. The van der Waals surface area contributed by atoms with Gasteiger partial charge in [-0.15, -0.1) is 11.3 Å². The van der Waals surface area contributed by atoms with Gasteiger partial charge in [-0.3, -0.25) is 9.59 Å². The normalized spacial score (nSPS) is 23.6. The van der Waals surface area contributed by atoms with E-state index in [1.807, 2.05) is 0 Å². The first kappa shape index (κ1) is 14.9. The van der Waals surface area contributed by atoms with Crippen LogP contribution in [-0.2, 0) is 14.3 Å². The van der Waals surface area contributed by atoms with Crippen LogP contribution in [-0.4, -0.2) is 47.1 Å². The molecule has 2 heterocycles. The number of aromatic nitrogens is 1. The average Bonchev–Trinajstić information content (AvgIpc) is 2.88. The van der Waals surface area contributed by atoms with Gasteiger partial charge in [-0.2, -0.15) is 0 Å². The first-order valence-corrected chi connectivity index (χ1v) is 7.43. The Labute approximate surface area is 121 Å². The van der Waals surface area contributed by atoms with E-state index in [9.17, 15) is 14.7 Å². The molecule has 1 aromatic rings. The Hall–Kier alpha value is -1.47. The number of carbonyl (C=O) groups is 2. The minimum absolute atomic E-state index is 0.0222. The number of methoxy groups -OCH3 is 1. The molecule has 6 nitrogen and oxygen atoms in total. The van der Waals surface area contributed by atoms with Crippen molar-refractivity contribution in [1.82, 2.24) is 9.88 Å². The Morgan fingerprint density at radius 3 is 3.05 bits per heavy atom. The molecule has 0 spiro atoms. The highest BCUT2D eigenvalue weighted by molar-refractivity contribution is 7.09. The van der Waals surface area contributed by atoms with Crippen molar-refractivity contribution in [3.8, 4) is 0 Å². The highest BCUT2D eigenvalue weighted by Crippen LogP contribution is 2.36. The maximum atomic E-state index is 12.2. The summed E-state index contributed by atoms with van der Waals surface area (Å²) in [5, 5.41) is 12.0. The zero-order chi connectivity index (χ0) is 14.5. The lowest BCUT2D eigenvalue weighted by Crippen LogP contribution is -2.40. The highest BCUT2D eigenvalue weighted by Gasteiger charge is 2.39. The third kappa shape index (κ3) is 3.16. The molecular weight excluding hydrogens is 280 g/mol. The van der Waals surface area contributed by atoms with Gasteiger partial charge >= 0.3 is 5.97 Å². The molecule has 1 aliphatic heterocycles. The van der Waals surface area contributed by atoms with Gasteiger partial charge in [0, 0.05) is 31.7 Å². The Balaban J connectivity index is 2.35. The molecule has 110 valence electrons. The second-order valence-corrected chi connectivity index (χ2v) is 5.66. The Kier molecular flexibility index (Phi) is 5.08. The van der Waals surface area contributed by atoms with Crippen molar-refractivity contribution in [1.29, 1.82) is 0 Å². The molecule has 2 rings (SSSR count). The van der Waals surface area contributed by atoms with Crippen LogP contribution in [0.1, 0.15) is 30.3 Å². The number of aliphatic carboxylic acids is 1. The van der Waals surface area contributed by atoms with Gasteiger partial charge in [-0.25, -0.2) is 4.98 Å². The fraction of sp³-hybridized carbons (Fsp3) is 0.615. The molecular formula is C13H18N2O4S. The van der Waals surface area contributed by atoms with E-state index in [2.05, 4.69) is 4.98 Å². The number of ether oxygens (including phenoxy) is 1. The number of hydrogen-bond donors (Lipinski definition) is 1. The molecule has 0 saturated carbocycles. The summed E-state index contributed by atoms with van der Waals surface area (Å²) in [6.07, 6.45) is 3.12. The third-order valence-electron chi connectivity index (χ3n) is 3.50. The standard InChI is InChI=1S/C13H18N2O4S/c1-19-7-6-15-10(16)4-2-3-9(13(17)18)11(15)12-14-5-8-20-12/h5,8-9,11H,2-4,6-7H2,1H3,(H,17,18). The number of likely N-dealkylation sites (tertiary alicyclic amines) is 1. The maximum Gasteiger partial charge on any atom is 0.309 e. The largest absolute Gasteiger partial charge is 0.481 e. The Bertz CT molecular complexity index is 463. The van der Waals surface area contributed by atoms with Crippen LogP contribution in [0.15, 0.2) is 11.6 Å². The van der Waals surface area contributed by atoms with E-state index in [-0.39, 0.29) is 5.91 Å². The van der Waals surface area contributed by atoms with Gasteiger partial charge in [0.15, 0.2) is 0 Å². The fourth-order valence-corrected chi connectivity index (χ4v) is 3.36. The Morgan fingerprint density at radius 1 is 1.65 bits per heavy atom. The van der Waals surface area contributed by atoms with E-state index in [4.69, 9.17) is 4.74 Å². The summed E-state index contributed by atoms with van der Waals surface area (Å²) in [4.78, 5) is 29.6. The van der Waals surface area contributed by atoms with Crippen LogP contribution in [0.25, 0.3) is 0 Å². The predicted molar refractivity (Wildman–Crippen MR) is 73.4 cm³/mol. The highest BCUT2D eigenvalue weighted by atomic mass is 32.1. The van der Waals surface area contributed by atoms with Crippen molar-refractivity contribution >= 4 is 23.2 Å². The van der Waals surface area contributed by atoms with Crippen molar-refractivity contribution in [2.45, 2.75) is 25.3 Å². The van der Waals surface area contributed by atoms with Gasteiger partial charge < -0.3 is 14.7 Å². The number of carboxylic acid groups (broad SMARTS) is 1. The first-order valence-electron chi connectivity index (χ1n) is 6.55. The van der Waals surface area contributed by atoms with Gasteiger partial charge in [-0.05, 0) is 12.8 Å². The van der Waals surface area contributed by atoms with Crippen LogP contribution in [0.3, 0.4) is 0 Å². The van der Waals surface area contributed by atoms with Gasteiger partial charge in [0.25, 0.3) is 0 Å². The second-order valence-electron chi connectivity index (χ2n) is 4.73. The molecule has 0 bridgehead atoms. The zero-order valence-electron chi connectivity index (χ0n) is 11.3. The Morgan fingerprint density at radius 2 is 2.45 bits per heavy atom. The zero-order valence-corrected chi connectivity index (χ0v) is 12.1. The van der Waals surface area contributed by atoms with E-state index in [0.717, 1.165) is 0 Å². The van der Waals surface area contributed by atoms with E-state index in [1.165, 1.54) is 11.3 Å². The van der Waals surface area contributed by atoms with Gasteiger partial charge in [0.2, 0.25) is 5.91 Å². The lowest BCUT2D eigenvalue weighted by atomic mass is 9.95. The molecule has 1 saturated heterocycles. The number of carboxylic acids is 1. The summed E-state index contributed by atoms with van der Waals surface area (Å²) in [6, 6.07) is -0.488. The minimum Gasteiger partial charge on any atom is -0.481 e. The quantitative estimate of drug-likeness (QED) is 0.892. The molecule has 0 radical (unpaired) electrons. The molecule has 0 aromatic carbocycles. The van der Waals surface area contributed by atoms with E-state index < -0.39 is 17.9 Å². The number of hydrogen-bond acceptors (Lipinski definition) is 5. The molecule has 2 unspecified atom stereocenters. The fourth-order valence-electron chi connectivity index (χ4n) is 2.54. The third-order valence-corrected chi connectivity index (χ3v) is 4.35. The van der Waals surface area contributed by atoms with Crippen molar-refractivity contribution in [2.24, 2.45) is 5.92 Å². The SMILES string of the molecule is COCCN1C(=O)CCCC(C(=O)O)C1c1nccs1. The molecule has 1 amide bonds. The minimum atomic E-state index is -0.873. The van der Waals surface area contributed by atoms with Gasteiger partial charge in [0.1, 0.15) is 5.01 Å². The molecule has 1 fully saturated rings. The molecule has 1 aliphatic rings. The summed E-state index contributed by atoms with van der Waals surface area (Å²) in [7, 11) is 1.56. The van der Waals surface area contributed by atoms with Crippen LogP contribution in [0, 0.1) is 5.92 Å². The second kappa shape index (κ2) is 6.81. The van der Waals surface area contributed by atoms with Crippen molar-refractivity contribution in [2.75, 3.05) is 20.3 Å². The molecule has 1 N–H and O–H groups in total. The van der Waals surface area contributed by atoms with E-state index in [1.54, 1.807) is 23.6 Å². The number of carbonyl (C=O) groups excluding carboxylic acids is 1. The number of amides is 1. The van der Waals surface area contributed by atoms with Crippen molar-refractivity contribution < 1.29 is 19.4 Å². The summed E-state index contributed by atoms with van der Waals surface area (Å²) in [5.41, 5.74) is 0. The summed E-state index contributed by atoms with van der Waals surface area (Å²) >= 11 is 1.39. The maximum absolute atomic E-state index is 12.2. The summed E-state index contributed by atoms with van der Waals surface area (Å²) < 4.78 is 5.04.